The second kappa shape index (κ2) is 8.21. The molecule has 0 aliphatic rings. The summed E-state index contributed by atoms with van der Waals surface area (Å²) in [6.45, 7) is 1.62. The fraction of sp³-hybridized carbons (Fsp3) is 0.188. The highest BCUT2D eigenvalue weighted by atomic mass is 32.1. The zero-order chi connectivity index (χ0) is 17.5. The summed E-state index contributed by atoms with van der Waals surface area (Å²) < 4.78 is 12.8. The van der Waals surface area contributed by atoms with Gasteiger partial charge in [0.1, 0.15) is 5.82 Å². The Morgan fingerprint density at radius 1 is 1.00 bits per heavy atom. The van der Waals surface area contributed by atoms with E-state index < -0.39 is 11.8 Å². The van der Waals surface area contributed by atoms with Gasteiger partial charge in [-0.15, -0.1) is 11.3 Å². The Bertz CT molecular complexity index is 743. The summed E-state index contributed by atoms with van der Waals surface area (Å²) >= 11 is 1.33. The van der Waals surface area contributed by atoms with Crippen LogP contribution in [0.25, 0.3) is 0 Å². The van der Waals surface area contributed by atoms with Crippen LogP contribution in [0.1, 0.15) is 20.1 Å². The number of amides is 3. The molecule has 0 atom stereocenters. The Balaban J connectivity index is 1.69. The molecular formula is C16H16FN3O3S. The van der Waals surface area contributed by atoms with Crippen LogP contribution in [0.3, 0.4) is 0 Å². The molecule has 24 heavy (non-hydrogen) atoms. The fourth-order valence-corrected chi connectivity index (χ4v) is 2.60. The monoisotopic (exact) mass is 349 g/mol. The molecule has 126 valence electrons. The third kappa shape index (κ3) is 5.47. The number of hydrogen-bond acceptors (Lipinski definition) is 4. The molecule has 0 aliphatic carbocycles. The second-order valence-corrected chi connectivity index (χ2v) is 6.28. The molecule has 0 spiro atoms. The normalized spacial score (nSPS) is 10.1. The zero-order valence-electron chi connectivity index (χ0n) is 12.9. The maximum Gasteiger partial charge on any atom is 0.261 e. The minimum absolute atomic E-state index is 0.00138. The predicted molar refractivity (Wildman–Crippen MR) is 87.8 cm³/mol. The minimum Gasteiger partial charge on any atom is -0.342 e. The zero-order valence-corrected chi connectivity index (χ0v) is 13.7. The van der Waals surface area contributed by atoms with Gasteiger partial charge in [-0.05, 0) is 36.8 Å². The molecule has 3 N–H and O–H groups in total. The third-order valence-corrected chi connectivity index (χ3v) is 3.99. The fourth-order valence-electron chi connectivity index (χ4n) is 1.82. The van der Waals surface area contributed by atoms with E-state index in [1.54, 1.807) is 6.07 Å². The number of hydrogen-bond donors (Lipinski definition) is 3. The Kier molecular flexibility index (Phi) is 6.02. The topological polar surface area (TPSA) is 87.3 Å². The maximum atomic E-state index is 12.8. The van der Waals surface area contributed by atoms with E-state index in [-0.39, 0.29) is 24.7 Å². The Morgan fingerprint density at radius 3 is 2.29 bits per heavy atom. The first-order valence-corrected chi connectivity index (χ1v) is 7.92. The Morgan fingerprint density at radius 2 is 1.67 bits per heavy atom. The van der Waals surface area contributed by atoms with Crippen LogP contribution >= 0.6 is 11.3 Å². The number of nitrogens with one attached hydrogen (secondary N) is 3. The largest absolute Gasteiger partial charge is 0.342 e. The number of aryl methyl sites for hydroxylation is 1. The van der Waals surface area contributed by atoms with Gasteiger partial charge in [-0.3, -0.25) is 25.2 Å². The summed E-state index contributed by atoms with van der Waals surface area (Å²) in [5.74, 6) is -1.73. The van der Waals surface area contributed by atoms with Crippen molar-refractivity contribution in [1.82, 2.24) is 16.2 Å². The number of rotatable bonds is 5. The highest BCUT2D eigenvalue weighted by Gasteiger charge is 2.10. The highest BCUT2D eigenvalue weighted by molar-refractivity contribution is 7.13. The van der Waals surface area contributed by atoms with Crippen molar-refractivity contribution in [3.05, 3.63) is 57.5 Å². The molecule has 0 unspecified atom stereocenters. The minimum atomic E-state index is -0.552. The lowest BCUT2D eigenvalue weighted by Gasteiger charge is -2.08. The van der Waals surface area contributed by atoms with Crippen LogP contribution in [0.5, 0.6) is 0 Å². The Labute approximate surface area is 142 Å². The predicted octanol–water partition coefficient (Wildman–Crippen LogP) is 1.32. The van der Waals surface area contributed by atoms with E-state index in [1.165, 1.54) is 35.6 Å². The van der Waals surface area contributed by atoms with Crippen molar-refractivity contribution in [2.24, 2.45) is 0 Å². The average Bonchev–Trinajstić information content (AvgIpc) is 2.99. The lowest BCUT2D eigenvalue weighted by Crippen LogP contribution is -2.46. The van der Waals surface area contributed by atoms with Crippen molar-refractivity contribution >= 4 is 29.1 Å². The number of hydrazine groups is 1. The van der Waals surface area contributed by atoms with Gasteiger partial charge in [0.05, 0.1) is 17.8 Å². The van der Waals surface area contributed by atoms with Crippen LogP contribution < -0.4 is 16.2 Å². The first-order valence-electron chi connectivity index (χ1n) is 7.11. The molecule has 1 heterocycles. The van der Waals surface area contributed by atoms with Gasteiger partial charge >= 0.3 is 0 Å². The van der Waals surface area contributed by atoms with Crippen LogP contribution in [0.2, 0.25) is 0 Å². The number of benzene rings is 1. The summed E-state index contributed by atoms with van der Waals surface area (Å²) in [6.07, 6.45) is 0.00138. The van der Waals surface area contributed by atoms with Crippen LogP contribution in [0, 0.1) is 12.7 Å². The van der Waals surface area contributed by atoms with Gasteiger partial charge in [0, 0.05) is 4.88 Å². The van der Waals surface area contributed by atoms with Crippen molar-refractivity contribution in [2.75, 3.05) is 6.54 Å². The molecular weight excluding hydrogens is 333 g/mol. The molecule has 0 saturated heterocycles. The quantitative estimate of drug-likeness (QED) is 0.712. The van der Waals surface area contributed by atoms with E-state index in [2.05, 4.69) is 16.2 Å². The number of carbonyl (C=O) groups excluding carboxylic acids is 3. The van der Waals surface area contributed by atoms with Crippen LogP contribution in [-0.2, 0) is 16.0 Å². The molecule has 0 saturated carbocycles. The molecule has 8 heteroatoms. The first kappa shape index (κ1) is 17.6. The van der Waals surface area contributed by atoms with Crippen molar-refractivity contribution in [1.29, 1.82) is 0 Å². The van der Waals surface area contributed by atoms with E-state index in [0.29, 0.717) is 10.4 Å². The van der Waals surface area contributed by atoms with E-state index in [4.69, 9.17) is 0 Å². The highest BCUT2D eigenvalue weighted by Crippen LogP contribution is 2.14. The van der Waals surface area contributed by atoms with Gasteiger partial charge in [-0.25, -0.2) is 4.39 Å². The van der Waals surface area contributed by atoms with Gasteiger partial charge in [0.2, 0.25) is 5.91 Å². The van der Waals surface area contributed by atoms with Crippen LogP contribution in [-0.4, -0.2) is 24.3 Å². The van der Waals surface area contributed by atoms with Crippen molar-refractivity contribution in [3.63, 3.8) is 0 Å². The smallest absolute Gasteiger partial charge is 0.261 e. The lowest BCUT2D eigenvalue weighted by molar-refractivity contribution is -0.128. The van der Waals surface area contributed by atoms with Crippen molar-refractivity contribution in [3.8, 4) is 0 Å². The summed E-state index contributed by atoms with van der Waals surface area (Å²) in [4.78, 5) is 36.5. The SMILES string of the molecule is Cc1ccc(C(=O)NCC(=O)NNC(=O)Cc2ccc(F)cc2)s1. The average molecular weight is 349 g/mol. The van der Waals surface area contributed by atoms with Crippen LogP contribution in [0.15, 0.2) is 36.4 Å². The second-order valence-electron chi connectivity index (χ2n) is 4.99. The first-order chi connectivity index (χ1) is 11.4. The van der Waals surface area contributed by atoms with Crippen LogP contribution in [0.4, 0.5) is 4.39 Å². The molecule has 6 nitrogen and oxygen atoms in total. The van der Waals surface area contributed by atoms with Crippen molar-refractivity contribution < 1.29 is 18.8 Å². The molecule has 0 fully saturated rings. The molecule has 1 aromatic heterocycles. The number of carbonyl (C=O) groups is 3. The summed E-state index contributed by atoms with van der Waals surface area (Å²) in [7, 11) is 0. The van der Waals surface area contributed by atoms with Gasteiger partial charge in [0.25, 0.3) is 11.8 Å². The summed E-state index contributed by atoms with van der Waals surface area (Å²) in [5.41, 5.74) is 5.05. The molecule has 0 aliphatic heterocycles. The maximum absolute atomic E-state index is 12.8. The van der Waals surface area contributed by atoms with Gasteiger partial charge in [-0.2, -0.15) is 0 Å². The standard InChI is InChI=1S/C16H16FN3O3S/c1-10-2-7-13(24-10)16(23)18-9-15(22)20-19-14(21)8-11-3-5-12(17)6-4-11/h2-7H,8-9H2,1H3,(H,18,23)(H,19,21)(H,20,22). The summed E-state index contributed by atoms with van der Waals surface area (Å²) in [6, 6.07) is 8.97. The molecule has 0 radical (unpaired) electrons. The molecule has 2 aromatic rings. The molecule has 2 rings (SSSR count). The number of thiophene rings is 1. The van der Waals surface area contributed by atoms with Crippen molar-refractivity contribution in [2.45, 2.75) is 13.3 Å². The lowest BCUT2D eigenvalue weighted by atomic mass is 10.1. The van der Waals surface area contributed by atoms with E-state index in [1.807, 2.05) is 13.0 Å². The molecule has 1 aromatic carbocycles. The molecule has 3 amide bonds. The Hall–Kier alpha value is -2.74. The van der Waals surface area contributed by atoms with Gasteiger partial charge in [-0.1, -0.05) is 12.1 Å². The van der Waals surface area contributed by atoms with E-state index >= 15 is 0 Å². The number of halogens is 1. The van der Waals surface area contributed by atoms with Gasteiger partial charge < -0.3 is 5.32 Å². The van der Waals surface area contributed by atoms with Gasteiger partial charge in [0.15, 0.2) is 0 Å². The summed E-state index contributed by atoms with van der Waals surface area (Å²) in [5, 5.41) is 2.46. The molecule has 0 bridgehead atoms. The van der Waals surface area contributed by atoms with E-state index in [9.17, 15) is 18.8 Å². The van der Waals surface area contributed by atoms with E-state index in [0.717, 1.165) is 4.88 Å². The third-order valence-electron chi connectivity index (χ3n) is 2.99.